The molecule has 0 amide bonds. The normalized spacial score (nSPS) is 12.0. The van der Waals surface area contributed by atoms with Gasteiger partial charge in [-0.25, -0.2) is 0 Å². The first-order chi connectivity index (χ1) is 12.3. The lowest BCUT2D eigenvalue weighted by atomic mass is 9.98. The van der Waals surface area contributed by atoms with Crippen molar-refractivity contribution >= 4 is 6.08 Å². The highest BCUT2D eigenvalue weighted by atomic mass is 16.7. The second-order valence-corrected chi connectivity index (χ2v) is 5.80. The third-order valence-corrected chi connectivity index (χ3v) is 4.16. The van der Waals surface area contributed by atoms with Gasteiger partial charge < -0.3 is 14.2 Å². The number of rotatable bonds is 5. The van der Waals surface area contributed by atoms with E-state index in [0.717, 1.165) is 39.5 Å². The molecule has 0 fully saturated rings. The zero-order valence-corrected chi connectivity index (χ0v) is 13.8. The molecule has 0 saturated carbocycles. The highest BCUT2D eigenvalue weighted by Gasteiger charge is 2.17. The van der Waals surface area contributed by atoms with E-state index in [0.29, 0.717) is 6.61 Å². The Labute approximate surface area is 147 Å². The smallest absolute Gasteiger partial charge is 0.231 e. The molecule has 3 aromatic rings. The summed E-state index contributed by atoms with van der Waals surface area (Å²) in [6.45, 7) is 4.71. The Morgan fingerprint density at radius 3 is 2.52 bits per heavy atom. The third kappa shape index (κ3) is 3.22. The molecule has 0 unspecified atom stereocenters. The summed E-state index contributed by atoms with van der Waals surface area (Å²) in [5.74, 6) is 2.35. The van der Waals surface area contributed by atoms with Crippen LogP contribution in [0.15, 0.2) is 73.3 Å². The number of fused-ring (bicyclic) bond motifs is 1. The van der Waals surface area contributed by atoms with Crippen molar-refractivity contribution in [2.24, 2.45) is 0 Å². The van der Waals surface area contributed by atoms with Crippen molar-refractivity contribution in [3.05, 3.63) is 84.4 Å². The number of hydrogen-bond acceptors (Lipinski definition) is 3. The van der Waals surface area contributed by atoms with Crippen LogP contribution in [0.3, 0.4) is 0 Å². The third-order valence-electron chi connectivity index (χ3n) is 4.16. The van der Waals surface area contributed by atoms with Gasteiger partial charge in [0.1, 0.15) is 12.4 Å². The molecule has 0 N–H and O–H groups in total. The molecule has 0 spiro atoms. The van der Waals surface area contributed by atoms with Crippen LogP contribution in [0.4, 0.5) is 0 Å². The van der Waals surface area contributed by atoms with Gasteiger partial charge in [-0.15, -0.1) is 0 Å². The molecule has 1 heterocycles. The highest BCUT2D eigenvalue weighted by Crippen LogP contribution is 2.39. The zero-order valence-electron chi connectivity index (χ0n) is 13.8. The van der Waals surface area contributed by atoms with Crippen LogP contribution < -0.4 is 14.2 Å². The van der Waals surface area contributed by atoms with Crippen LogP contribution in [-0.2, 0) is 6.61 Å². The molecule has 1 aliphatic heterocycles. The lowest BCUT2D eigenvalue weighted by molar-refractivity contribution is 0.174. The van der Waals surface area contributed by atoms with Gasteiger partial charge in [0.2, 0.25) is 6.79 Å². The molecule has 1 aliphatic rings. The highest BCUT2D eigenvalue weighted by molar-refractivity contribution is 5.78. The second-order valence-electron chi connectivity index (χ2n) is 5.80. The Morgan fingerprint density at radius 1 is 0.920 bits per heavy atom. The average molecular weight is 330 g/mol. The first-order valence-electron chi connectivity index (χ1n) is 8.17. The van der Waals surface area contributed by atoms with Gasteiger partial charge in [0.05, 0.1) is 0 Å². The molecule has 0 radical (unpaired) electrons. The Balaban J connectivity index is 1.62. The molecule has 0 atom stereocenters. The molecular weight excluding hydrogens is 312 g/mol. The van der Waals surface area contributed by atoms with Gasteiger partial charge in [-0.3, -0.25) is 0 Å². The van der Waals surface area contributed by atoms with E-state index in [-0.39, 0.29) is 6.79 Å². The second kappa shape index (κ2) is 6.73. The quantitative estimate of drug-likeness (QED) is 0.635. The van der Waals surface area contributed by atoms with Crippen LogP contribution in [0.2, 0.25) is 0 Å². The largest absolute Gasteiger partial charge is 0.489 e. The molecule has 3 aromatic carbocycles. The van der Waals surface area contributed by atoms with Crippen molar-refractivity contribution in [3.8, 4) is 28.4 Å². The zero-order chi connectivity index (χ0) is 17.1. The predicted molar refractivity (Wildman–Crippen MR) is 98.9 cm³/mol. The van der Waals surface area contributed by atoms with E-state index in [2.05, 4.69) is 24.8 Å². The summed E-state index contributed by atoms with van der Waals surface area (Å²) in [5, 5.41) is 0. The lowest BCUT2D eigenvalue weighted by Gasteiger charge is -2.11. The fourth-order valence-electron chi connectivity index (χ4n) is 2.87. The average Bonchev–Trinajstić information content (AvgIpc) is 3.14. The Kier molecular flexibility index (Phi) is 4.13. The van der Waals surface area contributed by atoms with Crippen molar-refractivity contribution in [3.63, 3.8) is 0 Å². The van der Waals surface area contributed by atoms with Gasteiger partial charge >= 0.3 is 0 Å². The van der Waals surface area contributed by atoms with E-state index in [1.54, 1.807) is 0 Å². The van der Waals surface area contributed by atoms with Crippen LogP contribution in [0.1, 0.15) is 11.1 Å². The molecule has 3 nitrogen and oxygen atoms in total. The minimum absolute atomic E-state index is 0.260. The number of ether oxygens (including phenoxy) is 3. The van der Waals surface area contributed by atoms with E-state index < -0.39 is 0 Å². The standard InChI is InChI=1S/C22H18O3/c1-2-17-12-21-22(25-15-24-21)13-20(17)18-9-6-10-19(11-18)23-14-16-7-4-3-5-8-16/h2-13H,1,14-15H2. The van der Waals surface area contributed by atoms with Crippen molar-refractivity contribution in [2.75, 3.05) is 6.79 Å². The van der Waals surface area contributed by atoms with Crippen LogP contribution >= 0.6 is 0 Å². The minimum atomic E-state index is 0.260. The molecule has 0 aliphatic carbocycles. The predicted octanol–water partition coefficient (Wildman–Crippen LogP) is 5.30. The number of hydrogen-bond donors (Lipinski definition) is 0. The fraction of sp³-hybridized carbons (Fsp3) is 0.0909. The van der Waals surface area contributed by atoms with Crippen molar-refractivity contribution < 1.29 is 14.2 Å². The van der Waals surface area contributed by atoms with Crippen LogP contribution in [0.5, 0.6) is 17.2 Å². The van der Waals surface area contributed by atoms with Crippen molar-refractivity contribution in [2.45, 2.75) is 6.61 Å². The van der Waals surface area contributed by atoms with Gasteiger partial charge in [-0.1, -0.05) is 55.1 Å². The Bertz CT molecular complexity index is 900. The van der Waals surface area contributed by atoms with Crippen LogP contribution in [-0.4, -0.2) is 6.79 Å². The van der Waals surface area contributed by atoms with Crippen LogP contribution in [0, 0.1) is 0 Å². The summed E-state index contributed by atoms with van der Waals surface area (Å²) in [7, 11) is 0. The first-order valence-corrected chi connectivity index (χ1v) is 8.17. The topological polar surface area (TPSA) is 27.7 Å². The minimum Gasteiger partial charge on any atom is -0.489 e. The van der Waals surface area contributed by atoms with Gasteiger partial charge in [-0.2, -0.15) is 0 Å². The van der Waals surface area contributed by atoms with Gasteiger partial charge in [0.15, 0.2) is 11.5 Å². The first kappa shape index (κ1) is 15.3. The fourth-order valence-corrected chi connectivity index (χ4v) is 2.87. The molecular formula is C22H18O3. The molecule has 3 heteroatoms. The Hall–Kier alpha value is -3.20. The monoisotopic (exact) mass is 330 g/mol. The van der Waals surface area contributed by atoms with E-state index in [4.69, 9.17) is 14.2 Å². The maximum atomic E-state index is 5.94. The van der Waals surface area contributed by atoms with E-state index in [9.17, 15) is 0 Å². The molecule has 4 rings (SSSR count). The summed E-state index contributed by atoms with van der Waals surface area (Å²) in [6, 6.07) is 22.1. The van der Waals surface area contributed by atoms with Gasteiger partial charge in [-0.05, 0) is 46.5 Å². The summed E-state index contributed by atoms with van der Waals surface area (Å²) < 4.78 is 16.9. The van der Waals surface area contributed by atoms with Gasteiger partial charge in [0, 0.05) is 0 Å². The lowest BCUT2D eigenvalue weighted by Crippen LogP contribution is -1.95. The molecule has 0 aromatic heterocycles. The molecule has 124 valence electrons. The Morgan fingerprint density at radius 2 is 1.72 bits per heavy atom. The van der Waals surface area contributed by atoms with Crippen molar-refractivity contribution in [1.29, 1.82) is 0 Å². The van der Waals surface area contributed by atoms with Crippen molar-refractivity contribution in [1.82, 2.24) is 0 Å². The van der Waals surface area contributed by atoms with Gasteiger partial charge in [0.25, 0.3) is 0 Å². The summed E-state index contributed by atoms with van der Waals surface area (Å²) in [5.41, 5.74) is 4.25. The van der Waals surface area contributed by atoms with E-state index in [1.165, 1.54) is 0 Å². The summed E-state index contributed by atoms with van der Waals surface area (Å²) in [4.78, 5) is 0. The molecule has 25 heavy (non-hydrogen) atoms. The number of benzene rings is 3. The van der Waals surface area contributed by atoms with E-state index >= 15 is 0 Å². The maximum absolute atomic E-state index is 5.94. The molecule has 0 bridgehead atoms. The summed E-state index contributed by atoms with van der Waals surface area (Å²) >= 11 is 0. The summed E-state index contributed by atoms with van der Waals surface area (Å²) in [6.07, 6.45) is 1.83. The van der Waals surface area contributed by atoms with E-state index in [1.807, 2.05) is 54.6 Å². The SMILES string of the molecule is C=Cc1cc2c(cc1-c1cccc(OCc3ccccc3)c1)OCO2. The molecule has 0 saturated heterocycles. The maximum Gasteiger partial charge on any atom is 0.231 e. The van der Waals surface area contributed by atoms with Crippen LogP contribution in [0.25, 0.3) is 17.2 Å².